The Morgan fingerprint density at radius 3 is 2.40 bits per heavy atom. The van der Waals surface area contributed by atoms with Gasteiger partial charge in [0.2, 0.25) is 0 Å². The highest BCUT2D eigenvalue weighted by atomic mass is 19.4. The van der Waals surface area contributed by atoms with Crippen molar-refractivity contribution < 1.29 is 22.6 Å². The van der Waals surface area contributed by atoms with Crippen LogP contribution < -0.4 is 5.32 Å². The lowest BCUT2D eigenvalue weighted by molar-refractivity contribution is -0.175. The van der Waals surface area contributed by atoms with Crippen molar-refractivity contribution in [1.82, 2.24) is 5.32 Å². The molecule has 0 bridgehead atoms. The second kappa shape index (κ2) is 6.62. The van der Waals surface area contributed by atoms with Crippen LogP contribution in [0.15, 0.2) is 0 Å². The Balaban J connectivity index is 2.48. The van der Waals surface area contributed by atoms with Gasteiger partial charge in [0.25, 0.3) is 0 Å². The van der Waals surface area contributed by atoms with Gasteiger partial charge in [-0.25, -0.2) is 0 Å². The van der Waals surface area contributed by atoms with Gasteiger partial charge >= 0.3 is 6.18 Å². The predicted molar refractivity (Wildman–Crippen MR) is 71.7 cm³/mol. The van der Waals surface area contributed by atoms with Gasteiger partial charge in [0.1, 0.15) is 6.61 Å². The lowest BCUT2D eigenvalue weighted by Gasteiger charge is -2.35. The molecule has 0 aromatic carbocycles. The largest absolute Gasteiger partial charge is 0.411 e. The summed E-state index contributed by atoms with van der Waals surface area (Å²) in [5.74, 6) is 0. The minimum Gasteiger partial charge on any atom is -0.378 e. The van der Waals surface area contributed by atoms with Gasteiger partial charge in [-0.3, -0.25) is 0 Å². The third kappa shape index (κ3) is 5.97. The molecule has 20 heavy (non-hydrogen) atoms. The van der Waals surface area contributed by atoms with Gasteiger partial charge in [-0.15, -0.1) is 0 Å². The Hall–Kier alpha value is -0.330. The molecule has 1 heterocycles. The van der Waals surface area contributed by atoms with Gasteiger partial charge in [-0.05, 0) is 40.5 Å². The first-order chi connectivity index (χ1) is 9.04. The molecule has 6 heteroatoms. The van der Waals surface area contributed by atoms with Crippen LogP contribution in [0.4, 0.5) is 13.2 Å². The molecule has 1 aliphatic rings. The van der Waals surface area contributed by atoms with Gasteiger partial charge in [0.15, 0.2) is 0 Å². The van der Waals surface area contributed by atoms with E-state index < -0.39 is 12.8 Å². The van der Waals surface area contributed by atoms with E-state index in [9.17, 15) is 13.2 Å². The Morgan fingerprint density at radius 1 is 1.30 bits per heavy atom. The average Bonchev–Trinajstić information content (AvgIpc) is 2.62. The van der Waals surface area contributed by atoms with Crippen molar-refractivity contribution in [2.45, 2.75) is 58.4 Å². The van der Waals surface area contributed by atoms with E-state index in [1.54, 1.807) is 0 Å². The quantitative estimate of drug-likeness (QED) is 0.764. The van der Waals surface area contributed by atoms with Crippen molar-refractivity contribution in [3.63, 3.8) is 0 Å². The zero-order valence-electron chi connectivity index (χ0n) is 12.8. The minimum absolute atomic E-state index is 0.0257. The van der Waals surface area contributed by atoms with Gasteiger partial charge in [-0.2, -0.15) is 13.2 Å². The normalized spacial score (nSPS) is 28.1. The SMILES string of the molecule is CC1OCCC1(CCOCC(F)(F)F)CNC(C)(C)C. The topological polar surface area (TPSA) is 30.5 Å². The molecule has 1 N–H and O–H groups in total. The van der Waals surface area contributed by atoms with Gasteiger partial charge in [0.05, 0.1) is 6.10 Å². The number of halogens is 3. The molecular weight excluding hydrogens is 271 g/mol. The first-order valence-corrected chi connectivity index (χ1v) is 7.05. The molecule has 0 spiro atoms. The number of hydrogen-bond donors (Lipinski definition) is 1. The smallest absolute Gasteiger partial charge is 0.378 e. The van der Waals surface area contributed by atoms with Crippen molar-refractivity contribution in [2.24, 2.45) is 5.41 Å². The van der Waals surface area contributed by atoms with Crippen LogP contribution in [0.1, 0.15) is 40.5 Å². The molecule has 1 saturated heterocycles. The zero-order chi connectivity index (χ0) is 15.4. The van der Waals surface area contributed by atoms with Crippen LogP contribution in [0, 0.1) is 5.41 Å². The fraction of sp³-hybridized carbons (Fsp3) is 1.00. The second-order valence-corrected chi connectivity index (χ2v) is 6.65. The summed E-state index contributed by atoms with van der Waals surface area (Å²) in [4.78, 5) is 0. The first kappa shape index (κ1) is 17.7. The third-order valence-corrected chi connectivity index (χ3v) is 3.81. The maximum atomic E-state index is 12.1. The second-order valence-electron chi connectivity index (χ2n) is 6.65. The Morgan fingerprint density at radius 2 is 1.95 bits per heavy atom. The summed E-state index contributed by atoms with van der Waals surface area (Å²) in [5.41, 5.74) is -0.166. The van der Waals surface area contributed by atoms with Crippen LogP contribution in [0.3, 0.4) is 0 Å². The maximum Gasteiger partial charge on any atom is 0.411 e. The molecule has 0 saturated carbocycles. The summed E-state index contributed by atoms with van der Waals surface area (Å²) in [6, 6.07) is 0. The Labute approximate surface area is 119 Å². The van der Waals surface area contributed by atoms with Crippen molar-refractivity contribution in [3.8, 4) is 0 Å². The van der Waals surface area contributed by atoms with E-state index in [-0.39, 0.29) is 23.7 Å². The van der Waals surface area contributed by atoms with E-state index in [0.29, 0.717) is 13.0 Å². The molecule has 0 aliphatic carbocycles. The lowest BCUT2D eigenvalue weighted by Crippen LogP contribution is -2.47. The third-order valence-electron chi connectivity index (χ3n) is 3.81. The fourth-order valence-electron chi connectivity index (χ4n) is 2.37. The molecule has 1 fully saturated rings. The predicted octanol–water partition coefficient (Wildman–Crippen LogP) is 3.14. The van der Waals surface area contributed by atoms with Gasteiger partial charge in [-0.1, -0.05) is 0 Å². The molecule has 0 radical (unpaired) electrons. The van der Waals surface area contributed by atoms with Crippen molar-refractivity contribution in [2.75, 3.05) is 26.4 Å². The van der Waals surface area contributed by atoms with E-state index in [4.69, 9.17) is 9.47 Å². The van der Waals surface area contributed by atoms with Crippen LogP contribution in [0.25, 0.3) is 0 Å². The van der Waals surface area contributed by atoms with E-state index in [1.807, 2.05) is 6.92 Å². The van der Waals surface area contributed by atoms with E-state index in [1.165, 1.54) is 0 Å². The van der Waals surface area contributed by atoms with Crippen LogP contribution >= 0.6 is 0 Å². The standard InChI is InChI=1S/C14H26F3NO2/c1-11-13(6-8-20-11,9-18-12(2,3)4)5-7-19-10-14(15,16)17/h11,18H,5-10H2,1-4H3. The molecule has 0 aromatic rings. The molecule has 1 rings (SSSR count). The van der Waals surface area contributed by atoms with Crippen molar-refractivity contribution in [1.29, 1.82) is 0 Å². The summed E-state index contributed by atoms with van der Waals surface area (Å²) in [6.07, 6.45) is -2.79. The van der Waals surface area contributed by atoms with E-state index in [2.05, 4.69) is 26.1 Å². The highest BCUT2D eigenvalue weighted by Gasteiger charge is 2.41. The highest BCUT2D eigenvalue weighted by molar-refractivity contribution is 4.93. The summed E-state index contributed by atoms with van der Waals surface area (Å²) in [7, 11) is 0. The number of rotatable bonds is 6. The Bertz CT molecular complexity index is 302. The van der Waals surface area contributed by atoms with Crippen molar-refractivity contribution in [3.05, 3.63) is 0 Å². The monoisotopic (exact) mass is 297 g/mol. The number of nitrogens with one attached hydrogen (secondary N) is 1. The molecule has 2 atom stereocenters. The molecule has 120 valence electrons. The molecule has 0 aromatic heterocycles. The zero-order valence-corrected chi connectivity index (χ0v) is 12.8. The molecule has 0 amide bonds. The van der Waals surface area contributed by atoms with Gasteiger partial charge < -0.3 is 14.8 Å². The molecular formula is C14H26F3NO2. The lowest BCUT2D eigenvalue weighted by atomic mass is 9.78. The highest BCUT2D eigenvalue weighted by Crippen LogP contribution is 2.38. The van der Waals surface area contributed by atoms with Gasteiger partial charge in [0, 0.05) is 30.7 Å². The summed E-state index contributed by atoms with van der Waals surface area (Å²) < 4.78 is 46.6. The van der Waals surface area contributed by atoms with Crippen LogP contribution in [-0.2, 0) is 9.47 Å². The number of ether oxygens (including phenoxy) is 2. The minimum atomic E-state index is -4.26. The molecule has 2 unspecified atom stereocenters. The van der Waals surface area contributed by atoms with E-state index in [0.717, 1.165) is 13.0 Å². The Kier molecular flexibility index (Phi) is 5.87. The number of alkyl halides is 3. The van der Waals surface area contributed by atoms with Crippen LogP contribution in [-0.4, -0.2) is 44.2 Å². The number of hydrogen-bond acceptors (Lipinski definition) is 3. The van der Waals surface area contributed by atoms with Crippen molar-refractivity contribution >= 4 is 0 Å². The fourth-order valence-corrected chi connectivity index (χ4v) is 2.37. The summed E-state index contributed by atoms with van der Waals surface area (Å²) in [6.45, 7) is 8.52. The molecule has 1 aliphatic heterocycles. The van der Waals surface area contributed by atoms with Crippen LogP contribution in [0.2, 0.25) is 0 Å². The average molecular weight is 297 g/mol. The maximum absolute atomic E-state index is 12.1. The first-order valence-electron chi connectivity index (χ1n) is 7.05. The summed E-state index contributed by atoms with van der Waals surface area (Å²) in [5, 5.41) is 3.43. The van der Waals surface area contributed by atoms with Crippen LogP contribution in [0.5, 0.6) is 0 Å². The molecule has 3 nitrogen and oxygen atoms in total. The van der Waals surface area contributed by atoms with E-state index >= 15 is 0 Å². The summed E-state index contributed by atoms with van der Waals surface area (Å²) >= 11 is 0.